The van der Waals surface area contributed by atoms with Crippen molar-refractivity contribution in [2.75, 3.05) is 0 Å². The summed E-state index contributed by atoms with van der Waals surface area (Å²) in [5.41, 5.74) is 6.21. The predicted octanol–water partition coefficient (Wildman–Crippen LogP) is 2.49. The average molecular weight is 238 g/mol. The van der Waals surface area contributed by atoms with Crippen LogP contribution in [-0.2, 0) is 4.79 Å². The lowest BCUT2D eigenvalue weighted by Crippen LogP contribution is -2.55. The number of nitrogens with two attached hydrogens (primary N) is 1. The van der Waals surface area contributed by atoms with Gasteiger partial charge in [0.25, 0.3) is 0 Å². The van der Waals surface area contributed by atoms with Gasteiger partial charge in [-0.3, -0.25) is 4.79 Å². The van der Waals surface area contributed by atoms with E-state index < -0.39 is 0 Å². The fraction of sp³-hybridized carbons (Fsp3) is 0.929. The van der Waals surface area contributed by atoms with Crippen LogP contribution in [0.3, 0.4) is 0 Å². The molecule has 3 nitrogen and oxygen atoms in total. The first-order valence-electron chi connectivity index (χ1n) is 7.17. The predicted molar refractivity (Wildman–Crippen MR) is 69.6 cm³/mol. The van der Waals surface area contributed by atoms with Crippen LogP contribution in [0.2, 0.25) is 0 Å². The maximum atomic E-state index is 12.1. The molecule has 2 rings (SSSR count). The molecule has 17 heavy (non-hydrogen) atoms. The number of amides is 1. The van der Waals surface area contributed by atoms with Gasteiger partial charge in [-0.05, 0) is 38.5 Å². The van der Waals surface area contributed by atoms with E-state index in [1.54, 1.807) is 0 Å². The van der Waals surface area contributed by atoms with Crippen LogP contribution in [-0.4, -0.2) is 17.0 Å². The first-order valence-corrected chi connectivity index (χ1v) is 7.17. The van der Waals surface area contributed by atoms with Crippen LogP contribution in [0.15, 0.2) is 0 Å². The number of nitrogens with one attached hydrogen (secondary N) is 1. The fourth-order valence-electron chi connectivity index (χ4n) is 3.26. The molecule has 0 aromatic carbocycles. The Bertz CT molecular complexity index is 272. The zero-order chi connectivity index (χ0) is 12.4. The average Bonchev–Trinajstić information content (AvgIpc) is 2.24. The summed E-state index contributed by atoms with van der Waals surface area (Å²) in [5, 5.41) is 3.23. The van der Waals surface area contributed by atoms with Gasteiger partial charge in [-0.25, -0.2) is 0 Å². The van der Waals surface area contributed by atoms with E-state index in [2.05, 4.69) is 12.2 Å². The second-order valence-corrected chi connectivity index (χ2v) is 6.14. The molecular formula is C14H26N2O. The van der Waals surface area contributed by atoms with E-state index >= 15 is 0 Å². The van der Waals surface area contributed by atoms with Crippen LogP contribution in [0.5, 0.6) is 0 Å². The molecule has 2 aliphatic rings. The van der Waals surface area contributed by atoms with Gasteiger partial charge in [-0.15, -0.1) is 0 Å². The minimum atomic E-state index is -0.221. The Hall–Kier alpha value is -0.570. The molecule has 1 amide bonds. The first-order chi connectivity index (χ1) is 8.08. The van der Waals surface area contributed by atoms with Crippen LogP contribution in [0.25, 0.3) is 0 Å². The summed E-state index contributed by atoms with van der Waals surface area (Å²) in [5.74, 6) is 0.177. The van der Waals surface area contributed by atoms with Crippen LogP contribution in [0.4, 0.5) is 0 Å². The molecule has 98 valence electrons. The van der Waals surface area contributed by atoms with Gasteiger partial charge in [-0.2, -0.15) is 0 Å². The monoisotopic (exact) mass is 238 g/mol. The van der Waals surface area contributed by atoms with E-state index in [1.807, 2.05) is 0 Å². The molecule has 0 saturated heterocycles. The van der Waals surface area contributed by atoms with E-state index in [4.69, 9.17) is 5.73 Å². The lowest BCUT2D eigenvalue weighted by Gasteiger charge is -2.43. The molecule has 3 N–H and O–H groups in total. The highest BCUT2D eigenvalue weighted by Gasteiger charge is 2.38. The van der Waals surface area contributed by atoms with Crippen molar-refractivity contribution in [2.45, 2.75) is 82.2 Å². The molecule has 3 heteroatoms. The molecule has 2 fully saturated rings. The Morgan fingerprint density at radius 2 is 1.76 bits per heavy atom. The Labute approximate surface area is 105 Å². The second-order valence-electron chi connectivity index (χ2n) is 6.14. The Balaban J connectivity index is 1.84. The van der Waals surface area contributed by atoms with Gasteiger partial charge < -0.3 is 11.1 Å². The number of carbonyl (C=O) groups is 1. The SMILES string of the molecule is CCC1(NC(=O)CC2(N)CCCCC2)CCC1. The van der Waals surface area contributed by atoms with Gasteiger partial charge >= 0.3 is 0 Å². The number of hydrogen-bond acceptors (Lipinski definition) is 2. The van der Waals surface area contributed by atoms with E-state index in [1.165, 1.54) is 25.7 Å². The van der Waals surface area contributed by atoms with Crippen LogP contribution in [0.1, 0.15) is 71.1 Å². The molecule has 0 bridgehead atoms. The standard InChI is InChI=1S/C14H26N2O/c1-2-14(9-6-10-14)16-12(17)11-13(15)7-4-3-5-8-13/h2-11,15H2,1H3,(H,16,17). The summed E-state index contributed by atoms with van der Waals surface area (Å²) in [6, 6.07) is 0. The first kappa shape index (κ1) is 12.9. The quantitative estimate of drug-likeness (QED) is 0.790. The zero-order valence-corrected chi connectivity index (χ0v) is 11.1. The molecule has 0 radical (unpaired) electrons. The summed E-state index contributed by atoms with van der Waals surface area (Å²) < 4.78 is 0. The van der Waals surface area contributed by atoms with Crippen molar-refractivity contribution in [2.24, 2.45) is 5.73 Å². The molecular weight excluding hydrogens is 212 g/mol. The highest BCUT2D eigenvalue weighted by Crippen LogP contribution is 2.35. The van der Waals surface area contributed by atoms with Crippen molar-refractivity contribution >= 4 is 5.91 Å². The molecule has 0 unspecified atom stereocenters. The summed E-state index contributed by atoms with van der Waals surface area (Å²) in [4.78, 5) is 12.1. The van der Waals surface area contributed by atoms with Crippen molar-refractivity contribution in [3.8, 4) is 0 Å². The summed E-state index contributed by atoms with van der Waals surface area (Å²) in [6.45, 7) is 2.16. The summed E-state index contributed by atoms with van der Waals surface area (Å²) in [7, 11) is 0. The third-order valence-electron chi connectivity index (χ3n) is 4.75. The van der Waals surface area contributed by atoms with Crippen molar-refractivity contribution in [1.82, 2.24) is 5.32 Å². The van der Waals surface area contributed by atoms with E-state index in [0.717, 1.165) is 32.1 Å². The molecule has 0 atom stereocenters. The minimum Gasteiger partial charge on any atom is -0.351 e. The van der Waals surface area contributed by atoms with Crippen molar-refractivity contribution < 1.29 is 4.79 Å². The van der Waals surface area contributed by atoms with Gasteiger partial charge in [0, 0.05) is 17.5 Å². The van der Waals surface area contributed by atoms with Crippen LogP contribution in [0, 0.1) is 0 Å². The normalized spacial score (nSPS) is 26.0. The van der Waals surface area contributed by atoms with Gasteiger partial charge in [0.15, 0.2) is 0 Å². The maximum absolute atomic E-state index is 12.1. The number of rotatable bonds is 4. The van der Waals surface area contributed by atoms with Gasteiger partial charge in [0.1, 0.15) is 0 Å². The van der Waals surface area contributed by atoms with Crippen LogP contribution < -0.4 is 11.1 Å². The van der Waals surface area contributed by atoms with E-state index in [9.17, 15) is 4.79 Å². The Morgan fingerprint density at radius 1 is 1.12 bits per heavy atom. The molecule has 0 spiro atoms. The highest BCUT2D eigenvalue weighted by atomic mass is 16.1. The lowest BCUT2D eigenvalue weighted by molar-refractivity contribution is -0.125. The fourth-order valence-corrected chi connectivity index (χ4v) is 3.26. The zero-order valence-electron chi connectivity index (χ0n) is 11.1. The molecule has 0 heterocycles. The van der Waals surface area contributed by atoms with Gasteiger partial charge in [0.2, 0.25) is 5.91 Å². The molecule has 0 aromatic rings. The minimum absolute atomic E-state index is 0.113. The topological polar surface area (TPSA) is 55.1 Å². The Morgan fingerprint density at radius 3 is 2.24 bits per heavy atom. The van der Waals surface area contributed by atoms with Gasteiger partial charge in [0.05, 0.1) is 0 Å². The molecule has 0 aromatic heterocycles. The maximum Gasteiger partial charge on any atom is 0.222 e. The third kappa shape index (κ3) is 3.01. The molecule has 0 aliphatic heterocycles. The van der Waals surface area contributed by atoms with Crippen LogP contribution >= 0.6 is 0 Å². The van der Waals surface area contributed by atoms with Crippen molar-refractivity contribution in [3.05, 3.63) is 0 Å². The molecule has 2 saturated carbocycles. The second kappa shape index (κ2) is 4.97. The third-order valence-corrected chi connectivity index (χ3v) is 4.75. The number of hydrogen-bond donors (Lipinski definition) is 2. The van der Waals surface area contributed by atoms with E-state index in [0.29, 0.717) is 6.42 Å². The molecule has 2 aliphatic carbocycles. The van der Waals surface area contributed by atoms with Crippen molar-refractivity contribution in [1.29, 1.82) is 0 Å². The summed E-state index contributed by atoms with van der Waals surface area (Å²) >= 11 is 0. The highest BCUT2D eigenvalue weighted by molar-refractivity contribution is 5.78. The van der Waals surface area contributed by atoms with Crippen molar-refractivity contribution in [3.63, 3.8) is 0 Å². The summed E-state index contributed by atoms with van der Waals surface area (Å²) in [6.07, 6.45) is 10.8. The van der Waals surface area contributed by atoms with E-state index in [-0.39, 0.29) is 17.0 Å². The van der Waals surface area contributed by atoms with Gasteiger partial charge in [-0.1, -0.05) is 26.2 Å². The smallest absolute Gasteiger partial charge is 0.222 e. The largest absolute Gasteiger partial charge is 0.351 e. The Kier molecular flexibility index (Phi) is 3.76. The lowest BCUT2D eigenvalue weighted by atomic mass is 9.74. The number of carbonyl (C=O) groups excluding carboxylic acids is 1.